The molecule has 104 valence electrons. The zero-order valence-electron chi connectivity index (χ0n) is 10.9. The maximum Gasteiger partial charge on any atom is 0.518 e. The highest BCUT2D eigenvalue weighted by Gasteiger charge is 2.19. The first-order valence-electron chi connectivity index (χ1n) is 5.77. The van der Waals surface area contributed by atoms with Crippen LogP contribution in [0, 0.1) is 0 Å². The molecule has 0 radical (unpaired) electrons. The lowest BCUT2D eigenvalue weighted by atomic mass is 10.2. The number of nitrogens with two attached hydrogens (primary N) is 1. The Kier molecular flexibility index (Phi) is 5.98. The lowest BCUT2D eigenvalue weighted by molar-refractivity contribution is -0.147. The maximum atomic E-state index is 11.4. The lowest BCUT2D eigenvalue weighted by Crippen LogP contribution is -2.24. The first kappa shape index (κ1) is 15.1. The van der Waals surface area contributed by atoms with Crippen molar-refractivity contribution in [3.05, 3.63) is 35.9 Å². The summed E-state index contributed by atoms with van der Waals surface area (Å²) in [6, 6.07) is 8.44. The van der Waals surface area contributed by atoms with Gasteiger partial charge < -0.3 is 19.9 Å². The molecule has 0 aromatic heterocycles. The second-order valence-electron chi connectivity index (χ2n) is 4.00. The van der Waals surface area contributed by atoms with E-state index in [1.807, 2.05) is 6.07 Å². The van der Waals surface area contributed by atoms with Crippen LogP contribution in [-0.4, -0.2) is 25.3 Å². The summed E-state index contributed by atoms with van der Waals surface area (Å²) >= 11 is 0. The molecule has 0 saturated heterocycles. The molecular formula is C13H17NO5. The van der Waals surface area contributed by atoms with Crippen molar-refractivity contribution in [1.82, 2.24) is 0 Å². The number of hydrogen-bond acceptors (Lipinski definition) is 6. The van der Waals surface area contributed by atoms with Gasteiger partial charge in [-0.3, -0.25) is 4.79 Å². The van der Waals surface area contributed by atoms with Crippen LogP contribution in [0.2, 0.25) is 0 Å². The monoisotopic (exact) mass is 267 g/mol. The van der Waals surface area contributed by atoms with Crippen molar-refractivity contribution in [2.45, 2.75) is 25.7 Å². The molecule has 19 heavy (non-hydrogen) atoms. The number of carbonyl (C=O) groups excluding carboxylic acids is 2. The van der Waals surface area contributed by atoms with Crippen LogP contribution in [0.15, 0.2) is 30.3 Å². The Hall–Kier alpha value is -1.92. The zero-order valence-corrected chi connectivity index (χ0v) is 10.9. The van der Waals surface area contributed by atoms with Gasteiger partial charge in [0.25, 0.3) is 0 Å². The van der Waals surface area contributed by atoms with Gasteiger partial charge >= 0.3 is 12.1 Å². The second kappa shape index (κ2) is 7.50. The topological polar surface area (TPSA) is 87.9 Å². The molecule has 0 bridgehead atoms. The highest BCUT2D eigenvalue weighted by molar-refractivity contribution is 5.82. The van der Waals surface area contributed by atoms with Crippen LogP contribution in [0.1, 0.15) is 25.2 Å². The second-order valence-corrected chi connectivity index (χ2v) is 4.00. The molecule has 6 heteroatoms. The summed E-state index contributed by atoms with van der Waals surface area (Å²) in [5.74, 6) is -0.733. The van der Waals surface area contributed by atoms with Crippen molar-refractivity contribution in [2.75, 3.05) is 7.11 Å². The Balaban J connectivity index is 2.52. The van der Waals surface area contributed by atoms with Crippen molar-refractivity contribution in [1.29, 1.82) is 0 Å². The van der Waals surface area contributed by atoms with Crippen LogP contribution in [-0.2, 0) is 19.0 Å². The molecule has 0 fully saturated rings. The molecule has 0 spiro atoms. The minimum Gasteiger partial charge on any atom is -0.399 e. The molecule has 1 aromatic carbocycles. The van der Waals surface area contributed by atoms with Crippen LogP contribution < -0.4 is 5.73 Å². The molecule has 0 aliphatic rings. The van der Waals surface area contributed by atoms with Crippen molar-refractivity contribution >= 4 is 12.1 Å². The summed E-state index contributed by atoms with van der Waals surface area (Å²) < 4.78 is 14.4. The van der Waals surface area contributed by atoms with Crippen molar-refractivity contribution in [3.8, 4) is 0 Å². The summed E-state index contributed by atoms with van der Waals surface area (Å²) in [7, 11) is 1.38. The van der Waals surface area contributed by atoms with Gasteiger partial charge in [-0.25, -0.2) is 4.79 Å². The molecule has 1 unspecified atom stereocenters. The largest absolute Gasteiger partial charge is 0.518 e. The fraction of sp³-hybridized carbons (Fsp3) is 0.385. The van der Waals surface area contributed by atoms with Crippen molar-refractivity contribution < 1.29 is 23.8 Å². The summed E-state index contributed by atoms with van der Waals surface area (Å²) in [5, 5.41) is 0. The van der Waals surface area contributed by atoms with E-state index in [9.17, 15) is 9.59 Å². The van der Waals surface area contributed by atoms with Gasteiger partial charge in [0.05, 0.1) is 6.42 Å². The van der Waals surface area contributed by atoms with E-state index in [-0.39, 0.29) is 12.5 Å². The Bertz CT molecular complexity index is 418. The number of benzene rings is 1. The summed E-state index contributed by atoms with van der Waals surface area (Å²) in [5.41, 5.74) is 6.05. The Morgan fingerprint density at radius 2 is 1.89 bits per heavy atom. The summed E-state index contributed by atoms with van der Waals surface area (Å²) in [6.07, 6.45) is -2.09. The number of carbonyl (C=O) groups is 2. The van der Waals surface area contributed by atoms with E-state index < -0.39 is 18.4 Å². The van der Waals surface area contributed by atoms with Gasteiger partial charge in [0.1, 0.15) is 0 Å². The van der Waals surface area contributed by atoms with E-state index in [4.69, 9.17) is 15.2 Å². The SMILES string of the molecule is COC(OC(=O)OC(=O)C[C@@H](C)N)c1ccccc1. The molecule has 6 nitrogen and oxygen atoms in total. The van der Waals surface area contributed by atoms with Crippen molar-refractivity contribution in [2.24, 2.45) is 5.73 Å². The molecule has 0 saturated carbocycles. The number of rotatable bonds is 5. The first-order valence-corrected chi connectivity index (χ1v) is 5.77. The fourth-order valence-electron chi connectivity index (χ4n) is 1.37. The quantitative estimate of drug-likeness (QED) is 0.496. The average molecular weight is 267 g/mol. The van der Waals surface area contributed by atoms with Crippen LogP contribution in [0.5, 0.6) is 0 Å². The molecule has 2 atom stereocenters. The van der Waals surface area contributed by atoms with E-state index in [0.29, 0.717) is 5.56 Å². The van der Waals surface area contributed by atoms with Gasteiger partial charge in [-0.2, -0.15) is 0 Å². The molecule has 0 aliphatic carbocycles. The van der Waals surface area contributed by atoms with Gasteiger partial charge in [-0.05, 0) is 6.92 Å². The van der Waals surface area contributed by atoms with E-state index in [0.717, 1.165) is 0 Å². The van der Waals surface area contributed by atoms with Gasteiger partial charge in [0.15, 0.2) is 0 Å². The third kappa shape index (κ3) is 5.50. The molecule has 0 amide bonds. The highest BCUT2D eigenvalue weighted by Crippen LogP contribution is 2.18. The van der Waals surface area contributed by atoms with Crippen LogP contribution in [0.3, 0.4) is 0 Å². The van der Waals surface area contributed by atoms with Gasteiger partial charge in [-0.1, -0.05) is 30.3 Å². The standard InChI is InChI=1S/C13H17NO5/c1-9(14)8-11(15)18-13(16)19-12(17-2)10-6-4-3-5-7-10/h3-7,9,12H,8,14H2,1-2H3/t9-,12?/m1/s1. The number of hydrogen-bond donors (Lipinski definition) is 1. The Labute approximate surface area is 111 Å². The predicted octanol–water partition coefficient (Wildman–Crippen LogP) is 1.75. The van der Waals surface area contributed by atoms with Crippen LogP contribution in [0.4, 0.5) is 4.79 Å². The highest BCUT2D eigenvalue weighted by atomic mass is 16.8. The number of ether oxygens (including phenoxy) is 3. The normalized spacial score (nSPS) is 13.4. The van der Waals surface area contributed by atoms with Crippen LogP contribution in [0.25, 0.3) is 0 Å². The molecule has 1 rings (SSSR count). The van der Waals surface area contributed by atoms with Gasteiger partial charge in [0, 0.05) is 18.7 Å². The number of methoxy groups -OCH3 is 1. The lowest BCUT2D eigenvalue weighted by Gasteiger charge is -2.15. The molecule has 2 N–H and O–H groups in total. The predicted molar refractivity (Wildman–Crippen MR) is 67.0 cm³/mol. The molecular weight excluding hydrogens is 250 g/mol. The van der Waals surface area contributed by atoms with E-state index in [1.54, 1.807) is 31.2 Å². The van der Waals surface area contributed by atoms with E-state index in [2.05, 4.69) is 4.74 Å². The van der Waals surface area contributed by atoms with Crippen LogP contribution >= 0.6 is 0 Å². The minimum absolute atomic E-state index is 0.0575. The molecule has 1 aromatic rings. The zero-order chi connectivity index (χ0) is 14.3. The summed E-state index contributed by atoms with van der Waals surface area (Å²) in [4.78, 5) is 22.6. The fourth-order valence-corrected chi connectivity index (χ4v) is 1.37. The maximum absolute atomic E-state index is 11.4. The average Bonchev–Trinajstić information content (AvgIpc) is 2.35. The van der Waals surface area contributed by atoms with Gasteiger partial charge in [-0.15, -0.1) is 0 Å². The van der Waals surface area contributed by atoms with Gasteiger partial charge in [0.2, 0.25) is 6.29 Å². The molecule has 0 aliphatic heterocycles. The minimum atomic E-state index is -1.11. The Morgan fingerprint density at radius 3 is 2.42 bits per heavy atom. The number of esters is 1. The van der Waals surface area contributed by atoms with E-state index >= 15 is 0 Å². The van der Waals surface area contributed by atoms with Crippen molar-refractivity contribution in [3.63, 3.8) is 0 Å². The smallest absolute Gasteiger partial charge is 0.399 e. The first-order chi connectivity index (χ1) is 9.02. The summed E-state index contributed by atoms with van der Waals surface area (Å²) in [6.45, 7) is 1.63. The van der Waals surface area contributed by atoms with E-state index in [1.165, 1.54) is 7.11 Å². The Morgan fingerprint density at radius 1 is 1.26 bits per heavy atom. The molecule has 0 heterocycles. The third-order valence-electron chi connectivity index (χ3n) is 2.17. The third-order valence-corrected chi connectivity index (χ3v) is 2.17.